The zero-order valence-electron chi connectivity index (χ0n) is 9.85. The maximum absolute atomic E-state index is 11.4. The molecule has 4 nitrogen and oxygen atoms in total. The number of nitrogens with one attached hydrogen (secondary N) is 2. The first-order chi connectivity index (χ1) is 8.18. The smallest absolute Gasteiger partial charge is 0.244 e. The van der Waals surface area contributed by atoms with E-state index in [2.05, 4.69) is 10.6 Å². The highest BCUT2D eigenvalue weighted by Gasteiger charge is 1.96. The Hall–Kier alpha value is -1.17. The number of rotatable bonds is 7. The zero-order chi connectivity index (χ0) is 12.5. The molecule has 1 aromatic rings. The Kier molecular flexibility index (Phi) is 6.54. The summed E-state index contributed by atoms with van der Waals surface area (Å²) in [4.78, 5) is 12.4. The zero-order valence-corrected chi connectivity index (χ0v) is 10.7. The molecule has 1 amide bonds. The first kappa shape index (κ1) is 13.9. The average Bonchev–Trinajstić information content (AvgIpc) is 2.78. The quantitative estimate of drug-likeness (QED) is 0.499. The normalized spacial score (nSPS) is 12.8. The number of carbonyl (C=O) groups is 1. The van der Waals surface area contributed by atoms with Crippen LogP contribution in [0.2, 0.25) is 0 Å². The number of carbonyl (C=O) groups excluding carboxylic acids is 1. The minimum Gasteiger partial charge on any atom is -0.392 e. The van der Waals surface area contributed by atoms with Crippen molar-refractivity contribution >= 4 is 23.3 Å². The lowest BCUT2D eigenvalue weighted by atomic mass is 10.4. The van der Waals surface area contributed by atoms with E-state index in [0.29, 0.717) is 19.6 Å². The van der Waals surface area contributed by atoms with Crippen LogP contribution in [0.4, 0.5) is 0 Å². The van der Waals surface area contributed by atoms with E-state index in [-0.39, 0.29) is 12.0 Å². The van der Waals surface area contributed by atoms with Crippen molar-refractivity contribution in [2.45, 2.75) is 13.0 Å². The summed E-state index contributed by atoms with van der Waals surface area (Å²) < 4.78 is 0. The molecule has 0 radical (unpaired) electrons. The van der Waals surface area contributed by atoms with Crippen LogP contribution in [-0.2, 0) is 4.79 Å². The Labute approximate surface area is 105 Å². The van der Waals surface area contributed by atoms with Gasteiger partial charge in [-0.2, -0.15) is 0 Å². The molecule has 0 aliphatic heterocycles. The summed E-state index contributed by atoms with van der Waals surface area (Å²) in [6.07, 6.45) is 2.97. The molecule has 1 rings (SSSR count). The van der Waals surface area contributed by atoms with Gasteiger partial charge in [-0.05, 0) is 24.4 Å². The van der Waals surface area contributed by atoms with Gasteiger partial charge in [0.1, 0.15) is 0 Å². The van der Waals surface area contributed by atoms with Crippen LogP contribution in [0, 0.1) is 0 Å². The fourth-order valence-electron chi connectivity index (χ4n) is 1.19. The molecule has 0 spiro atoms. The van der Waals surface area contributed by atoms with Crippen molar-refractivity contribution in [3.05, 3.63) is 28.5 Å². The summed E-state index contributed by atoms with van der Waals surface area (Å²) in [5, 5.41) is 16.7. The van der Waals surface area contributed by atoms with Gasteiger partial charge in [0.15, 0.2) is 0 Å². The predicted octanol–water partition coefficient (Wildman–Crippen LogP) is 0.848. The number of aliphatic hydroxyl groups excluding tert-OH is 1. The van der Waals surface area contributed by atoms with Gasteiger partial charge < -0.3 is 15.7 Å². The van der Waals surface area contributed by atoms with E-state index in [1.807, 2.05) is 17.5 Å². The second-order valence-corrected chi connectivity index (χ2v) is 4.67. The molecule has 0 aliphatic rings. The van der Waals surface area contributed by atoms with Crippen LogP contribution in [0.5, 0.6) is 0 Å². The number of hydrogen-bond donors (Lipinski definition) is 3. The summed E-state index contributed by atoms with van der Waals surface area (Å²) in [5.74, 6) is -0.0998. The third-order valence-corrected chi connectivity index (χ3v) is 2.82. The summed E-state index contributed by atoms with van der Waals surface area (Å²) in [6.45, 7) is 3.47. The van der Waals surface area contributed by atoms with E-state index < -0.39 is 0 Å². The van der Waals surface area contributed by atoms with Crippen LogP contribution in [0.25, 0.3) is 6.08 Å². The third kappa shape index (κ3) is 6.88. The summed E-state index contributed by atoms with van der Waals surface area (Å²) >= 11 is 1.59. The molecule has 0 aromatic carbocycles. The van der Waals surface area contributed by atoms with Gasteiger partial charge in [0.25, 0.3) is 0 Å². The second-order valence-electron chi connectivity index (χ2n) is 3.69. The first-order valence-electron chi connectivity index (χ1n) is 5.56. The summed E-state index contributed by atoms with van der Waals surface area (Å²) in [5.41, 5.74) is 0. The van der Waals surface area contributed by atoms with Crippen molar-refractivity contribution in [2.24, 2.45) is 0 Å². The molecule has 5 heteroatoms. The van der Waals surface area contributed by atoms with Gasteiger partial charge in [0, 0.05) is 30.6 Å². The summed E-state index contributed by atoms with van der Waals surface area (Å²) in [6, 6.07) is 3.90. The van der Waals surface area contributed by atoms with E-state index in [1.54, 1.807) is 24.3 Å². The Morgan fingerprint density at radius 2 is 2.41 bits per heavy atom. The lowest BCUT2D eigenvalue weighted by Gasteiger charge is -2.06. The van der Waals surface area contributed by atoms with E-state index >= 15 is 0 Å². The van der Waals surface area contributed by atoms with Crippen molar-refractivity contribution < 1.29 is 9.90 Å². The van der Waals surface area contributed by atoms with Crippen LogP contribution < -0.4 is 10.6 Å². The van der Waals surface area contributed by atoms with Gasteiger partial charge in [0.2, 0.25) is 5.91 Å². The Balaban J connectivity index is 2.09. The fraction of sp³-hybridized carbons (Fsp3) is 0.417. The third-order valence-electron chi connectivity index (χ3n) is 1.98. The molecule has 1 heterocycles. The van der Waals surface area contributed by atoms with Gasteiger partial charge in [-0.1, -0.05) is 6.07 Å². The van der Waals surface area contributed by atoms with E-state index in [1.165, 1.54) is 6.08 Å². The molecule has 1 atom stereocenters. The van der Waals surface area contributed by atoms with E-state index in [0.717, 1.165) is 4.88 Å². The minimum atomic E-state index is -0.357. The van der Waals surface area contributed by atoms with Crippen LogP contribution in [0.15, 0.2) is 23.6 Å². The van der Waals surface area contributed by atoms with Crippen LogP contribution in [0.3, 0.4) is 0 Å². The molecule has 1 aromatic heterocycles. The van der Waals surface area contributed by atoms with Gasteiger partial charge in [-0.15, -0.1) is 11.3 Å². The predicted molar refractivity (Wildman–Crippen MR) is 70.9 cm³/mol. The minimum absolute atomic E-state index is 0.0998. The van der Waals surface area contributed by atoms with Crippen molar-refractivity contribution in [1.82, 2.24) is 10.6 Å². The number of aliphatic hydroxyl groups is 1. The molecule has 0 bridgehead atoms. The number of amides is 1. The molecule has 1 unspecified atom stereocenters. The van der Waals surface area contributed by atoms with Crippen LogP contribution in [-0.4, -0.2) is 36.8 Å². The molecule has 0 saturated heterocycles. The maximum atomic E-state index is 11.4. The Morgan fingerprint density at radius 1 is 1.59 bits per heavy atom. The highest BCUT2D eigenvalue weighted by atomic mass is 32.1. The standard InChI is InChI=1S/C12H18N2O2S/c1-10(15)9-13-6-7-14-12(16)5-4-11-3-2-8-17-11/h2-5,8,10,13,15H,6-7,9H2,1H3,(H,14,16)/b5-4+. The summed E-state index contributed by atoms with van der Waals surface area (Å²) in [7, 11) is 0. The van der Waals surface area contributed by atoms with E-state index in [9.17, 15) is 4.79 Å². The lowest BCUT2D eigenvalue weighted by molar-refractivity contribution is -0.116. The van der Waals surface area contributed by atoms with Crippen molar-refractivity contribution in [1.29, 1.82) is 0 Å². The average molecular weight is 254 g/mol. The van der Waals surface area contributed by atoms with Crippen LogP contribution in [0.1, 0.15) is 11.8 Å². The molecule has 0 aliphatic carbocycles. The Morgan fingerprint density at radius 3 is 3.06 bits per heavy atom. The maximum Gasteiger partial charge on any atom is 0.244 e. The molecule has 94 valence electrons. The molecule has 0 fully saturated rings. The van der Waals surface area contributed by atoms with Crippen molar-refractivity contribution in [2.75, 3.05) is 19.6 Å². The largest absolute Gasteiger partial charge is 0.392 e. The van der Waals surface area contributed by atoms with Gasteiger partial charge >= 0.3 is 0 Å². The van der Waals surface area contributed by atoms with Gasteiger partial charge in [-0.3, -0.25) is 4.79 Å². The van der Waals surface area contributed by atoms with E-state index in [4.69, 9.17) is 5.11 Å². The topological polar surface area (TPSA) is 61.4 Å². The fourth-order valence-corrected chi connectivity index (χ4v) is 1.81. The number of hydrogen-bond acceptors (Lipinski definition) is 4. The highest BCUT2D eigenvalue weighted by molar-refractivity contribution is 7.10. The Bertz CT molecular complexity index is 347. The molecular weight excluding hydrogens is 236 g/mol. The highest BCUT2D eigenvalue weighted by Crippen LogP contribution is 2.09. The molecular formula is C12H18N2O2S. The van der Waals surface area contributed by atoms with Gasteiger partial charge in [0.05, 0.1) is 6.10 Å². The van der Waals surface area contributed by atoms with Crippen molar-refractivity contribution in [3.8, 4) is 0 Å². The monoisotopic (exact) mass is 254 g/mol. The SMILES string of the molecule is CC(O)CNCCNC(=O)/C=C/c1cccs1. The lowest BCUT2D eigenvalue weighted by Crippen LogP contribution is -2.33. The van der Waals surface area contributed by atoms with Crippen LogP contribution >= 0.6 is 11.3 Å². The molecule has 17 heavy (non-hydrogen) atoms. The first-order valence-corrected chi connectivity index (χ1v) is 6.44. The molecule has 0 saturated carbocycles. The van der Waals surface area contributed by atoms with Gasteiger partial charge in [-0.25, -0.2) is 0 Å². The molecule has 3 N–H and O–H groups in total. The van der Waals surface area contributed by atoms with Crippen molar-refractivity contribution in [3.63, 3.8) is 0 Å². The second kappa shape index (κ2) is 8.00. The number of thiophene rings is 1.